The minimum absolute atomic E-state index is 1.01. The molecule has 0 saturated heterocycles. The molecule has 2 aromatic carbocycles. The van der Waals surface area contributed by atoms with E-state index < -0.39 is 0 Å². The van der Waals surface area contributed by atoms with Crippen molar-refractivity contribution in [3.05, 3.63) is 83.7 Å². The molecule has 2 aromatic heterocycles. The zero-order valence-electron chi connectivity index (χ0n) is 15.7. The highest BCUT2D eigenvalue weighted by Crippen LogP contribution is 2.32. The minimum atomic E-state index is 1.01. The quantitative estimate of drug-likeness (QED) is 0.452. The molecule has 4 rings (SSSR count). The number of hydrogen-bond donors (Lipinski definition) is 0. The molecule has 0 amide bonds. The number of fused-ring (bicyclic) bond motifs is 1. The van der Waals surface area contributed by atoms with Crippen molar-refractivity contribution in [1.29, 1.82) is 0 Å². The predicted molar refractivity (Wildman–Crippen MR) is 108 cm³/mol. The monoisotopic (exact) mass is 339 g/mol. The van der Waals surface area contributed by atoms with Gasteiger partial charge in [0.05, 0.1) is 16.6 Å². The SMILES string of the molecule is Cc1cc(C)c(C)c(-c2c3ccc(-c4ccccn4)cc3cc[n+]2C)c1. The third kappa shape index (κ3) is 2.78. The summed E-state index contributed by atoms with van der Waals surface area (Å²) >= 11 is 0. The number of rotatable bonds is 2. The Hall–Kier alpha value is -3.00. The first-order valence-corrected chi connectivity index (χ1v) is 8.96. The van der Waals surface area contributed by atoms with Gasteiger partial charge < -0.3 is 0 Å². The molecular weight excluding hydrogens is 316 g/mol. The van der Waals surface area contributed by atoms with E-state index in [4.69, 9.17) is 0 Å². The molecule has 2 heteroatoms. The molecule has 0 unspecified atom stereocenters. The molecule has 2 nitrogen and oxygen atoms in total. The second-order valence-electron chi connectivity index (χ2n) is 7.05. The van der Waals surface area contributed by atoms with E-state index in [9.17, 15) is 0 Å². The molecule has 0 aliphatic heterocycles. The predicted octanol–water partition coefficient (Wildman–Crippen LogP) is 5.32. The largest absolute Gasteiger partial charge is 0.256 e. The van der Waals surface area contributed by atoms with Gasteiger partial charge in [-0.25, -0.2) is 4.57 Å². The van der Waals surface area contributed by atoms with Gasteiger partial charge in [-0.05, 0) is 67.6 Å². The number of aryl methyl sites for hydroxylation is 3. The standard InChI is InChI=1S/C24H23N2/c1-16-13-17(2)18(3)22(14-16)24-21-9-8-20(23-7-5-6-11-25-23)15-19(21)10-12-26(24)4/h5-15H,1-4H3/q+1. The lowest BCUT2D eigenvalue weighted by Gasteiger charge is -2.12. The molecule has 0 atom stereocenters. The Kier molecular flexibility index (Phi) is 4.04. The van der Waals surface area contributed by atoms with Crippen LogP contribution < -0.4 is 4.57 Å². The maximum Gasteiger partial charge on any atom is 0.220 e. The van der Waals surface area contributed by atoms with Gasteiger partial charge in [0, 0.05) is 17.8 Å². The maximum atomic E-state index is 4.49. The van der Waals surface area contributed by atoms with E-state index in [-0.39, 0.29) is 0 Å². The van der Waals surface area contributed by atoms with Crippen molar-refractivity contribution < 1.29 is 4.57 Å². The third-order valence-electron chi connectivity index (χ3n) is 5.16. The number of nitrogens with zero attached hydrogens (tertiary/aromatic N) is 2. The van der Waals surface area contributed by atoms with Crippen LogP contribution >= 0.6 is 0 Å². The number of hydrogen-bond acceptors (Lipinski definition) is 1. The second kappa shape index (κ2) is 6.38. The van der Waals surface area contributed by atoms with Gasteiger partial charge in [0.25, 0.3) is 0 Å². The van der Waals surface area contributed by atoms with Gasteiger partial charge in [-0.3, -0.25) is 4.98 Å². The molecule has 2 heterocycles. The topological polar surface area (TPSA) is 16.8 Å². The van der Waals surface area contributed by atoms with Crippen LogP contribution in [-0.4, -0.2) is 4.98 Å². The zero-order valence-corrected chi connectivity index (χ0v) is 15.7. The molecule has 128 valence electrons. The highest BCUT2D eigenvalue weighted by molar-refractivity contribution is 5.96. The van der Waals surface area contributed by atoms with E-state index in [1.807, 2.05) is 18.3 Å². The van der Waals surface area contributed by atoms with Crippen molar-refractivity contribution in [3.63, 3.8) is 0 Å². The molecule has 0 fully saturated rings. The van der Waals surface area contributed by atoms with Crippen LogP contribution in [0.1, 0.15) is 16.7 Å². The minimum Gasteiger partial charge on any atom is -0.256 e. The van der Waals surface area contributed by atoms with Gasteiger partial charge in [0.1, 0.15) is 7.05 Å². The van der Waals surface area contributed by atoms with Crippen LogP contribution in [0.4, 0.5) is 0 Å². The molecule has 0 radical (unpaired) electrons. The summed E-state index contributed by atoms with van der Waals surface area (Å²) in [6.07, 6.45) is 3.99. The smallest absolute Gasteiger partial charge is 0.220 e. The van der Waals surface area contributed by atoms with E-state index in [2.05, 4.69) is 86.0 Å². The second-order valence-corrected chi connectivity index (χ2v) is 7.05. The van der Waals surface area contributed by atoms with Crippen molar-refractivity contribution in [2.75, 3.05) is 0 Å². The van der Waals surface area contributed by atoms with Gasteiger partial charge in [0.2, 0.25) is 5.69 Å². The fraction of sp³-hybridized carbons (Fsp3) is 0.167. The molecule has 4 aromatic rings. The maximum absolute atomic E-state index is 4.49. The van der Waals surface area contributed by atoms with Gasteiger partial charge >= 0.3 is 0 Å². The molecule has 0 N–H and O–H groups in total. The lowest BCUT2D eigenvalue weighted by Crippen LogP contribution is -2.30. The fourth-order valence-electron chi connectivity index (χ4n) is 3.69. The van der Waals surface area contributed by atoms with Gasteiger partial charge in [-0.2, -0.15) is 0 Å². The molecule has 0 aliphatic rings. The molecule has 0 saturated carbocycles. The average Bonchev–Trinajstić information content (AvgIpc) is 2.65. The summed E-state index contributed by atoms with van der Waals surface area (Å²) in [5.74, 6) is 0. The fourth-order valence-corrected chi connectivity index (χ4v) is 3.69. The van der Waals surface area contributed by atoms with Crippen LogP contribution in [0.5, 0.6) is 0 Å². The Morgan fingerprint density at radius 1 is 0.885 bits per heavy atom. The highest BCUT2D eigenvalue weighted by atomic mass is 14.9. The van der Waals surface area contributed by atoms with Crippen LogP contribution in [-0.2, 0) is 7.05 Å². The summed E-state index contributed by atoms with van der Waals surface area (Å²) in [7, 11) is 2.12. The van der Waals surface area contributed by atoms with E-state index in [1.54, 1.807) is 0 Å². The van der Waals surface area contributed by atoms with Crippen LogP contribution in [0.3, 0.4) is 0 Å². The number of pyridine rings is 2. The molecule has 26 heavy (non-hydrogen) atoms. The van der Waals surface area contributed by atoms with Crippen LogP contribution in [0.15, 0.2) is 67.0 Å². The zero-order chi connectivity index (χ0) is 18.3. The van der Waals surface area contributed by atoms with E-state index in [0.717, 1.165) is 11.3 Å². The first-order chi connectivity index (χ1) is 12.5. The molecule has 0 aliphatic carbocycles. The van der Waals surface area contributed by atoms with Crippen molar-refractivity contribution in [3.8, 4) is 22.5 Å². The summed E-state index contributed by atoms with van der Waals surface area (Å²) < 4.78 is 2.23. The average molecular weight is 339 g/mol. The van der Waals surface area contributed by atoms with Crippen molar-refractivity contribution in [2.45, 2.75) is 20.8 Å². The first kappa shape index (κ1) is 16.5. The summed E-state index contributed by atoms with van der Waals surface area (Å²) in [5, 5.41) is 2.50. The lowest BCUT2D eigenvalue weighted by atomic mass is 9.94. The summed E-state index contributed by atoms with van der Waals surface area (Å²) in [5.41, 5.74) is 8.70. The van der Waals surface area contributed by atoms with Crippen LogP contribution in [0.2, 0.25) is 0 Å². The Balaban J connectivity index is 1.98. The summed E-state index contributed by atoms with van der Waals surface area (Å²) in [6, 6.07) is 19.4. The van der Waals surface area contributed by atoms with E-state index >= 15 is 0 Å². The van der Waals surface area contributed by atoms with Crippen molar-refractivity contribution in [1.82, 2.24) is 4.98 Å². The molecule has 0 bridgehead atoms. The van der Waals surface area contributed by atoms with Gasteiger partial charge in [0.15, 0.2) is 6.20 Å². The Morgan fingerprint density at radius 2 is 1.73 bits per heavy atom. The van der Waals surface area contributed by atoms with Crippen molar-refractivity contribution >= 4 is 10.8 Å². The Bertz CT molecular complexity index is 1110. The van der Waals surface area contributed by atoms with Gasteiger partial charge in [-0.1, -0.05) is 23.8 Å². The Labute approximate surface area is 154 Å². The lowest BCUT2D eigenvalue weighted by molar-refractivity contribution is -0.659. The number of benzene rings is 2. The van der Waals surface area contributed by atoms with Crippen LogP contribution in [0.25, 0.3) is 33.3 Å². The normalized spacial score (nSPS) is 11.1. The molecule has 0 spiro atoms. The number of aromatic nitrogens is 2. The summed E-state index contributed by atoms with van der Waals surface area (Å²) in [4.78, 5) is 4.49. The van der Waals surface area contributed by atoms with Crippen LogP contribution in [0, 0.1) is 20.8 Å². The van der Waals surface area contributed by atoms with E-state index in [1.165, 1.54) is 38.7 Å². The highest BCUT2D eigenvalue weighted by Gasteiger charge is 2.18. The third-order valence-corrected chi connectivity index (χ3v) is 5.16. The first-order valence-electron chi connectivity index (χ1n) is 8.96. The van der Waals surface area contributed by atoms with E-state index in [0.29, 0.717) is 0 Å². The summed E-state index contributed by atoms with van der Waals surface area (Å²) in [6.45, 7) is 6.57. The van der Waals surface area contributed by atoms with Gasteiger partial charge in [-0.15, -0.1) is 0 Å². The van der Waals surface area contributed by atoms with Crippen molar-refractivity contribution in [2.24, 2.45) is 7.05 Å². The molecular formula is C24H23N2+. The Morgan fingerprint density at radius 3 is 2.50 bits per heavy atom.